The van der Waals surface area contributed by atoms with E-state index in [9.17, 15) is 9.90 Å². The van der Waals surface area contributed by atoms with Crippen molar-refractivity contribution in [2.75, 3.05) is 0 Å². The summed E-state index contributed by atoms with van der Waals surface area (Å²) in [6.07, 6.45) is 0.917. The lowest BCUT2D eigenvalue weighted by atomic mass is 10.1. The third-order valence-electron chi connectivity index (χ3n) is 2.22. The van der Waals surface area contributed by atoms with Crippen molar-refractivity contribution >= 4 is 11.8 Å². The summed E-state index contributed by atoms with van der Waals surface area (Å²) in [4.78, 5) is 18.7. The van der Waals surface area contributed by atoms with E-state index < -0.39 is 6.10 Å². The first-order valence-electron chi connectivity index (χ1n) is 5.17. The van der Waals surface area contributed by atoms with Gasteiger partial charge in [0.25, 0.3) is 5.56 Å². The number of nitrogens with one attached hydrogen (secondary N) is 1. The first-order chi connectivity index (χ1) is 8.16. The fourth-order valence-corrected chi connectivity index (χ4v) is 2.40. The van der Waals surface area contributed by atoms with Crippen molar-refractivity contribution in [3.63, 3.8) is 0 Å². The quantitative estimate of drug-likeness (QED) is 0.815. The molecule has 17 heavy (non-hydrogen) atoms. The number of benzene rings is 1. The Morgan fingerprint density at radius 3 is 2.82 bits per heavy atom. The highest BCUT2D eigenvalue weighted by Gasteiger charge is 2.09. The molecular weight excluding hydrogens is 236 g/mol. The lowest BCUT2D eigenvalue weighted by molar-refractivity contribution is 0.196. The predicted molar refractivity (Wildman–Crippen MR) is 66.1 cm³/mol. The number of hydrogen-bond donors (Lipinski definition) is 2. The topological polar surface area (TPSA) is 66.0 Å². The van der Waals surface area contributed by atoms with Crippen LogP contribution in [0.4, 0.5) is 0 Å². The Bertz CT molecular complexity index is 566. The van der Waals surface area contributed by atoms with Gasteiger partial charge in [0.15, 0.2) is 5.16 Å². The predicted octanol–water partition coefficient (Wildman–Crippen LogP) is 1.97. The molecule has 0 saturated heterocycles. The Labute approximate surface area is 103 Å². The summed E-state index contributed by atoms with van der Waals surface area (Å²) in [7, 11) is 0. The van der Waals surface area contributed by atoms with Gasteiger partial charge in [-0.1, -0.05) is 30.0 Å². The molecule has 0 bridgehead atoms. The maximum absolute atomic E-state index is 11.1. The molecule has 0 aliphatic carbocycles. The minimum absolute atomic E-state index is 0.183. The van der Waals surface area contributed by atoms with Crippen LogP contribution in [0.3, 0.4) is 0 Å². The highest BCUT2D eigenvalue weighted by atomic mass is 32.2. The second-order valence-electron chi connectivity index (χ2n) is 3.56. The molecule has 5 heteroatoms. The number of nitrogens with zero attached hydrogens (tertiary/aromatic N) is 1. The molecule has 1 heterocycles. The molecule has 0 unspecified atom stereocenters. The van der Waals surface area contributed by atoms with Crippen molar-refractivity contribution in [3.8, 4) is 0 Å². The lowest BCUT2D eigenvalue weighted by Crippen LogP contribution is -2.05. The van der Waals surface area contributed by atoms with Crippen LogP contribution in [0.1, 0.15) is 18.6 Å². The number of hydrogen-bond acceptors (Lipinski definition) is 4. The Morgan fingerprint density at radius 2 is 2.12 bits per heavy atom. The fourth-order valence-electron chi connectivity index (χ4n) is 1.43. The van der Waals surface area contributed by atoms with E-state index in [1.165, 1.54) is 24.0 Å². The van der Waals surface area contributed by atoms with Crippen LogP contribution in [0, 0.1) is 0 Å². The van der Waals surface area contributed by atoms with Crippen molar-refractivity contribution in [3.05, 3.63) is 52.4 Å². The third kappa shape index (κ3) is 2.95. The summed E-state index contributed by atoms with van der Waals surface area (Å²) in [6, 6.07) is 8.86. The first-order valence-corrected chi connectivity index (χ1v) is 5.98. The van der Waals surface area contributed by atoms with Gasteiger partial charge in [0.05, 0.1) is 6.10 Å². The van der Waals surface area contributed by atoms with Gasteiger partial charge >= 0.3 is 0 Å². The number of aliphatic hydroxyl groups excluding tert-OH is 1. The monoisotopic (exact) mass is 248 g/mol. The first kappa shape index (κ1) is 11.9. The largest absolute Gasteiger partial charge is 0.389 e. The normalized spacial score (nSPS) is 12.4. The molecule has 0 aliphatic rings. The average Bonchev–Trinajstić information content (AvgIpc) is 2.29. The Hall–Kier alpha value is -1.59. The molecule has 4 nitrogen and oxygen atoms in total. The van der Waals surface area contributed by atoms with Gasteiger partial charge in [-0.25, -0.2) is 4.98 Å². The number of aliphatic hydroxyl groups is 1. The second kappa shape index (κ2) is 5.16. The Kier molecular flexibility index (Phi) is 3.61. The van der Waals surface area contributed by atoms with E-state index in [4.69, 9.17) is 0 Å². The number of aromatic amines is 1. The van der Waals surface area contributed by atoms with Gasteiger partial charge in [-0.15, -0.1) is 0 Å². The van der Waals surface area contributed by atoms with Crippen LogP contribution in [0.25, 0.3) is 0 Å². The van der Waals surface area contributed by atoms with Gasteiger partial charge in [-0.05, 0) is 18.6 Å². The van der Waals surface area contributed by atoms with E-state index in [0.29, 0.717) is 5.16 Å². The molecule has 0 aliphatic heterocycles. The van der Waals surface area contributed by atoms with Crippen LogP contribution in [-0.4, -0.2) is 15.1 Å². The van der Waals surface area contributed by atoms with Crippen LogP contribution in [0.5, 0.6) is 0 Å². The molecule has 88 valence electrons. The van der Waals surface area contributed by atoms with E-state index in [-0.39, 0.29) is 5.56 Å². The maximum Gasteiger partial charge on any atom is 0.251 e. The van der Waals surface area contributed by atoms with Crippen LogP contribution >= 0.6 is 11.8 Å². The van der Waals surface area contributed by atoms with Gasteiger partial charge in [0, 0.05) is 17.2 Å². The van der Waals surface area contributed by atoms with Crippen molar-refractivity contribution in [2.24, 2.45) is 0 Å². The molecule has 2 aromatic rings. The zero-order valence-corrected chi connectivity index (χ0v) is 10.1. The smallest absolute Gasteiger partial charge is 0.251 e. The Balaban J connectivity index is 2.33. The SMILES string of the molecule is C[C@H](O)c1ccccc1Sc1nccc(=O)[nH]1. The molecule has 0 spiro atoms. The molecule has 2 rings (SSSR count). The third-order valence-corrected chi connectivity index (χ3v) is 3.22. The van der Waals surface area contributed by atoms with E-state index in [1.54, 1.807) is 6.92 Å². The van der Waals surface area contributed by atoms with Gasteiger partial charge in [-0.3, -0.25) is 4.79 Å². The highest BCUT2D eigenvalue weighted by molar-refractivity contribution is 7.99. The van der Waals surface area contributed by atoms with E-state index in [2.05, 4.69) is 9.97 Å². The zero-order valence-electron chi connectivity index (χ0n) is 9.25. The molecule has 0 saturated carbocycles. The minimum Gasteiger partial charge on any atom is -0.389 e. The van der Waals surface area contributed by atoms with Gasteiger partial charge in [0.1, 0.15) is 0 Å². The summed E-state index contributed by atoms with van der Waals surface area (Å²) in [5.74, 6) is 0. The average molecular weight is 248 g/mol. The molecule has 1 aromatic carbocycles. The van der Waals surface area contributed by atoms with Crippen LogP contribution in [-0.2, 0) is 0 Å². The molecular formula is C12H12N2O2S. The fraction of sp³-hybridized carbons (Fsp3) is 0.167. The van der Waals surface area contributed by atoms with Crippen molar-refractivity contribution < 1.29 is 5.11 Å². The van der Waals surface area contributed by atoms with Crippen LogP contribution < -0.4 is 5.56 Å². The second-order valence-corrected chi connectivity index (χ2v) is 4.59. The van der Waals surface area contributed by atoms with Gasteiger partial charge < -0.3 is 10.1 Å². The van der Waals surface area contributed by atoms with E-state index >= 15 is 0 Å². The van der Waals surface area contributed by atoms with E-state index in [1.807, 2.05) is 24.3 Å². The molecule has 2 N–H and O–H groups in total. The number of aromatic nitrogens is 2. The van der Waals surface area contributed by atoms with Crippen molar-refractivity contribution in [1.29, 1.82) is 0 Å². The summed E-state index contributed by atoms with van der Waals surface area (Å²) < 4.78 is 0. The van der Waals surface area contributed by atoms with Gasteiger partial charge in [0.2, 0.25) is 0 Å². The zero-order chi connectivity index (χ0) is 12.3. The lowest BCUT2D eigenvalue weighted by Gasteiger charge is -2.10. The molecule has 1 atom stereocenters. The summed E-state index contributed by atoms with van der Waals surface area (Å²) in [5, 5.41) is 10.2. The van der Waals surface area contributed by atoms with Gasteiger partial charge in [-0.2, -0.15) is 0 Å². The standard InChI is InChI=1S/C12H12N2O2S/c1-8(15)9-4-2-3-5-10(9)17-12-13-7-6-11(16)14-12/h2-8,15H,1H3,(H,13,14,16)/t8-/m0/s1. The maximum atomic E-state index is 11.1. The van der Waals surface area contributed by atoms with Crippen molar-refractivity contribution in [2.45, 2.75) is 23.1 Å². The highest BCUT2D eigenvalue weighted by Crippen LogP contribution is 2.30. The molecule has 1 aromatic heterocycles. The molecule has 0 radical (unpaired) electrons. The van der Waals surface area contributed by atoms with E-state index in [0.717, 1.165) is 10.5 Å². The minimum atomic E-state index is -0.547. The Morgan fingerprint density at radius 1 is 1.35 bits per heavy atom. The number of rotatable bonds is 3. The summed E-state index contributed by atoms with van der Waals surface area (Å²) in [6.45, 7) is 1.71. The van der Waals surface area contributed by atoms with Crippen molar-refractivity contribution in [1.82, 2.24) is 9.97 Å². The molecule has 0 amide bonds. The summed E-state index contributed by atoms with van der Waals surface area (Å²) in [5.41, 5.74) is 0.640. The molecule has 0 fully saturated rings. The van der Waals surface area contributed by atoms with Crippen LogP contribution in [0.2, 0.25) is 0 Å². The number of H-pyrrole nitrogens is 1. The summed E-state index contributed by atoms with van der Waals surface area (Å²) >= 11 is 1.33. The van der Waals surface area contributed by atoms with Crippen LogP contribution in [0.15, 0.2) is 51.4 Å².